The number of fused-ring (bicyclic) bond motifs is 1. The summed E-state index contributed by atoms with van der Waals surface area (Å²) >= 11 is 0. The van der Waals surface area contributed by atoms with Crippen molar-refractivity contribution in [3.8, 4) is 23.0 Å². The molecule has 0 heterocycles. The lowest BCUT2D eigenvalue weighted by molar-refractivity contribution is 0.00913. The van der Waals surface area contributed by atoms with Gasteiger partial charge in [-0.25, -0.2) is 0 Å². The number of phenols is 3. The fourth-order valence-electron chi connectivity index (χ4n) is 4.06. The van der Waals surface area contributed by atoms with Crippen LogP contribution in [0.25, 0.3) is 0 Å². The summed E-state index contributed by atoms with van der Waals surface area (Å²) in [5, 5.41) is 40.1. The van der Waals surface area contributed by atoms with Gasteiger partial charge in [-0.1, -0.05) is 6.07 Å². The van der Waals surface area contributed by atoms with Crippen molar-refractivity contribution in [3.05, 3.63) is 47.0 Å². The van der Waals surface area contributed by atoms with Gasteiger partial charge in [-0.05, 0) is 55.9 Å². The quantitative estimate of drug-likeness (QED) is 0.601. The number of Topliss-reactive ketones (excluding diaryl/α,β-unsaturated/α-hetero) is 1. The van der Waals surface area contributed by atoms with Crippen molar-refractivity contribution in [2.75, 3.05) is 7.11 Å². The summed E-state index contributed by atoms with van der Waals surface area (Å²) in [7, 11) is 1.47. The molecule has 3 rings (SSSR count). The summed E-state index contributed by atoms with van der Waals surface area (Å²) in [6, 6.07) is 7.15. The molecule has 2 atom stereocenters. The van der Waals surface area contributed by atoms with E-state index < -0.39 is 5.60 Å². The highest BCUT2D eigenvalue weighted by atomic mass is 16.5. The minimum Gasteiger partial charge on any atom is -0.508 e. The average molecular weight is 372 g/mol. The van der Waals surface area contributed by atoms with E-state index in [0.717, 1.165) is 17.2 Å². The number of benzene rings is 2. The molecular weight excluding hydrogens is 348 g/mol. The molecule has 4 N–H and O–H groups in total. The van der Waals surface area contributed by atoms with Crippen molar-refractivity contribution in [3.63, 3.8) is 0 Å². The molecule has 0 bridgehead atoms. The maximum atomic E-state index is 12.8. The molecule has 0 amide bonds. The normalized spacial score (nSPS) is 19.0. The van der Waals surface area contributed by atoms with E-state index in [1.807, 2.05) is 0 Å². The Morgan fingerprint density at radius 1 is 1.15 bits per heavy atom. The van der Waals surface area contributed by atoms with E-state index in [-0.39, 0.29) is 46.9 Å². The summed E-state index contributed by atoms with van der Waals surface area (Å²) in [5.74, 6) is -0.850. The molecule has 0 aliphatic heterocycles. The number of phenolic OH excluding ortho intramolecular Hbond substituents is 3. The molecule has 0 spiro atoms. The van der Waals surface area contributed by atoms with Crippen molar-refractivity contribution in [2.45, 2.75) is 38.2 Å². The monoisotopic (exact) mass is 372 g/mol. The molecule has 6 nitrogen and oxygen atoms in total. The number of ketones is 1. The topological polar surface area (TPSA) is 107 Å². The number of ether oxygens (including phenoxy) is 1. The van der Waals surface area contributed by atoms with Gasteiger partial charge in [-0.3, -0.25) is 4.79 Å². The Morgan fingerprint density at radius 2 is 1.85 bits per heavy atom. The van der Waals surface area contributed by atoms with Crippen molar-refractivity contribution >= 4 is 5.78 Å². The van der Waals surface area contributed by atoms with E-state index >= 15 is 0 Å². The summed E-state index contributed by atoms with van der Waals surface area (Å²) in [6.45, 7) is 3.40. The molecule has 0 saturated carbocycles. The molecule has 0 saturated heterocycles. The minimum absolute atomic E-state index is 0.0221. The Hall–Kier alpha value is -2.73. The second-order valence-corrected chi connectivity index (χ2v) is 7.59. The first kappa shape index (κ1) is 19.0. The highest BCUT2D eigenvalue weighted by molar-refractivity contribution is 5.99. The number of carbonyl (C=O) groups excluding carboxylic acids is 1. The molecule has 0 aromatic heterocycles. The van der Waals surface area contributed by atoms with Gasteiger partial charge in [0.2, 0.25) is 0 Å². The van der Waals surface area contributed by atoms with Crippen LogP contribution in [0.15, 0.2) is 30.3 Å². The van der Waals surface area contributed by atoms with E-state index in [1.165, 1.54) is 25.3 Å². The fourth-order valence-corrected chi connectivity index (χ4v) is 4.06. The van der Waals surface area contributed by atoms with Crippen LogP contribution < -0.4 is 4.74 Å². The Balaban J connectivity index is 2.00. The highest BCUT2D eigenvalue weighted by Crippen LogP contribution is 2.50. The molecule has 6 heteroatoms. The lowest BCUT2D eigenvalue weighted by atomic mass is 9.78. The van der Waals surface area contributed by atoms with E-state index in [4.69, 9.17) is 4.74 Å². The van der Waals surface area contributed by atoms with Gasteiger partial charge in [-0.2, -0.15) is 0 Å². The van der Waals surface area contributed by atoms with E-state index in [9.17, 15) is 25.2 Å². The van der Waals surface area contributed by atoms with Crippen molar-refractivity contribution in [1.29, 1.82) is 0 Å². The lowest BCUT2D eigenvalue weighted by Gasteiger charge is -2.31. The summed E-state index contributed by atoms with van der Waals surface area (Å²) in [4.78, 5) is 12.8. The fraction of sp³-hybridized carbons (Fsp3) is 0.381. The third-order valence-electron chi connectivity index (χ3n) is 5.38. The molecule has 0 unspecified atom stereocenters. The van der Waals surface area contributed by atoms with Crippen LogP contribution in [0.4, 0.5) is 0 Å². The molecule has 1 aliphatic rings. The number of aromatic hydroxyl groups is 3. The van der Waals surface area contributed by atoms with Crippen LogP contribution in [0.5, 0.6) is 23.0 Å². The zero-order valence-electron chi connectivity index (χ0n) is 15.6. The van der Waals surface area contributed by atoms with Crippen LogP contribution >= 0.6 is 0 Å². The summed E-state index contributed by atoms with van der Waals surface area (Å²) in [6.07, 6.45) is 0.545. The van der Waals surface area contributed by atoms with Gasteiger partial charge in [0.25, 0.3) is 0 Å². The number of rotatable bonds is 5. The molecule has 27 heavy (non-hydrogen) atoms. The maximum Gasteiger partial charge on any atom is 0.167 e. The standard InChI is InChI=1S/C21H24O6/c1-21(2,26)16-9-15-12(6-7-17(23)20(15)27-3)14(16)10-19(25)13-5-4-11(22)8-18(13)24/h4-8,14,16,22-24,26H,9-10H2,1-3H3/t14-,16-/m1/s1. The van der Waals surface area contributed by atoms with Crippen LogP contribution in [0.3, 0.4) is 0 Å². The molecule has 2 aromatic rings. The SMILES string of the molecule is COc1c(O)ccc2c1C[C@@H](C(C)(C)O)[C@@H]2CC(=O)c1ccc(O)cc1O. The third-order valence-corrected chi connectivity index (χ3v) is 5.38. The number of carbonyl (C=O) groups is 1. The molecule has 144 valence electrons. The van der Waals surface area contributed by atoms with Gasteiger partial charge in [-0.15, -0.1) is 0 Å². The molecule has 0 fully saturated rings. The van der Waals surface area contributed by atoms with Crippen LogP contribution in [-0.4, -0.2) is 38.9 Å². The van der Waals surface area contributed by atoms with Crippen LogP contribution in [0.1, 0.15) is 47.7 Å². The van der Waals surface area contributed by atoms with Crippen LogP contribution in [0, 0.1) is 5.92 Å². The van der Waals surface area contributed by atoms with Gasteiger partial charge in [0.1, 0.15) is 11.5 Å². The zero-order valence-corrected chi connectivity index (χ0v) is 15.6. The lowest BCUT2D eigenvalue weighted by Crippen LogP contribution is -2.34. The Kier molecular flexibility index (Phi) is 4.78. The average Bonchev–Trinajstić information content (AvgIpc) is 2.93. The van der Waals surface area contributed by atoms with Gasteiger partial charge >= 0.3 is 0 Å². The van der Waals surface area contributed by atoms with Crippen LogP contribution in [-0.2, 0) is 6.42 Å². The first-order chi connectivity index (χ1) is 12.6. The first-order valence-electron chi connectivity index (χ1n) is 8.79. The number of hydrogen-bond acceptors (Lipinski definition) is 6. The maximum absolute atomic E-state index is 12.8. The number of aliphatic hydroxyl groups is 1. The van der Waals surface area contributed by atoms with Gasteiger partial charge in [0.15, 0.2) is 17.3 Å². The Morgan fingerprint density at radius 3 is 2.44 bits per heavy atom. The summed E-state index contributed by atoms with van der Waals surface area (Å²) < 4.78 is 5.33. The smallest absolute Gasteiger partial charge is 0.167 e. The highest BCUT2D eigenvalue weighted by Gasteiger charge is 2.43. The number of hydrogen-bond donors (Lipinski definition) is 4. The predicted molar refractivity (Wildman–Crippen MR) is 99.6 cm³/mol. The van der Waals surface area contributed by atoms with Crippen molar-refractivity contribution in [2.24, 2.45) is 5.92 Å². The second-order valence-electron chi connectivity index (χ2n) is 7.59. The van der Waals surface area contributed by atoms with Crippen molar-refractivity contribution in [1.82, 2.24) is 0 Å². The van der Waals surface area contributed by atoms with Gasteiger partial charge in [0.05, 0.1) is 18.3 Å². The van der Waals surface area contributed by atoms with Gasteiger partial charge in [0, 0.05) is 18.1 Å². The number of methoxy groups -OCH3 is 1. The Bertz CT molecular complexity index is 881. The third kappa shape index (κ3) is 3.45. The zero-order chi connectivity index (χ0) is 19.9. The molecular formula is C21H24O6. The van der Waals surface area contributed by atoms with Gasteiger partial charge < -0.3 is 25.2 Å². The predicted octanol–water partition coefficient (Wildman–Crippen LogP) is 3.11. The first-order valence-corrected chi connectivity index (χ1v) is 8.79. The second kappa shape index (κ2) is 6.78. The van der Waals surface area contributed by atoms with E-state index in [2.05, 4.69) is 0 Å². The van der Waals surface area contributed by atoms with Crippen molar-refractivity contribution < 1.29 is 30.0 Å². The molecule has 0 radical (unpaired) electrons. The largest absolute Gasteiger partial charge is 0.508 e. The summed E-state index contributed by atoms with van der Waals surface area (Å²) in [5.41, 5.74) is 0.712. The molecule has 1 aliphatic carbocycles. The minimum atomic E-state index is -1.05. The van der Waals surface area contributed by atoms with E-state index in [1.54, 1.807) is 19.9 Å². The molecule has 2 aromatic carbocycles. The van der Waals surface area contributed by atoms with Crippen LogP contribution in [0.2, 0.25) is 0 Å². The van der Waals surface area contributed by atoms with E-state index in [0.29, 0.717) is 12.2 Å². The Labute approximate surface area is 157 Å².